The Kier molecular flexibility index (Phi) is 3.40. The Morgan fingerprint density at radius 3 is 2.70 bits per heavy atom. The number of anilines is 1. The van der Waals surface area contributed by atoms with Crippen LogP contribution in [-0.4, -0.2) is 17.3 Å². The normalized spacial score (nSPS) is 17.5. The van der Waals surface area contributed by atoms with Gasteiger partial charge in [0, 0.05) is 23.4 Å². The van der Waals surface area contributed by atoms with Gasteiger partial charge in [-0.2, -0.15) is 4.98 Å². The third-order valence-electron chi connectivity index (χ3n) is 3.80. The third kappa shape index (κ3) is 2.27. The van der Waals surface area contributed by atoms with Crippen LogP contribution in [0.3, 0.4) is 0 Å². The number of ether oxygens (including phenoxy) is 1. The lowest BCUT2D eigenvalue weighted by atomic mass is 10.0. The average Bonchev–Trinajstić information content (AvgIpc) is 3.07. The number of rotatable bonds is 3. The minimum Gasteiger partial charge on any atom is -0.399 e. The molecule has 1 heterocycles. The molecular formula is C14H16ClN3O2. The lowest BCUT2D eigenvalue weighted by Gasteiger charge is -2.22. The average molecular weight is 294 g/mol. The van der Waals surface area contributed by atoms with Crippen molar-refractivity contribution in [3.05, 3.63) is 29.0 Å². The molecule has 1 aromatic heterocycles. The van der Waals surface area contributed by atoms with Crippen LogP contribution in [0, 0.1) is 0 Å². The van der Waals surface area contributed by atoms with Crippen LogP contribution in [0.25, 0.3) is 11.5 Å². The van der Waals surface area contributed by atoms with Crippen LogP contribution < -0.4 is 5.73 Å². The fourth-order valence-corrected chi connectivity index (χ4v) is 2.97. The van der Waals surface area contributed by atoms with E-state index >= 15 is 0 Å². The van der Waals surface area contributed by atoms with Crippen LogP contribution >= 0.6 is 11.6 Å². The third-order valence-corrected chi connectivity index (χ3v) is 4.02. The first-order valence-corrected chi connectivity index (χ1v) is 6.96. The van der Waals surface area contributed by atoms with Gasteiger partial charge in [0.25, 0.3) is 5.89 Å². The van der Waals surface area contributed by atoms with E-state index in [0.29, 0.717) is 22.4 Å². The number of nitrogens with zero attached hydrogens (tertiary/aromatic N) is 2. The maximum atomic E-state index is 5.99. The van der Waals surface area contributed by atoms with Gasteiger partial charge in [-0.1, -0.05) is 16.8 Å². The molecule has 0 aliphatic heterocycles. The number of halogens is 1. The predicted octanol–water partition coefficient (Wildman–Crippen LogP) is 3.39. The van der Waals surface area contributed by atoms with Gasteiger partial charge in [0.1, 0.15) is 5.60 Å². The second-order valence-electron chi connectivity index (χ2n) is 5.10. The van der Waals surface area contributed by atoms with E-state index < -0.39 is 5.60 Å². The van der Waals surface area contributed by atoms with E-state index in [-0.39, 0.29) is 0 Å². The van der Waals surface area contributed by atoms with Crippen molar-refractivity contribution < 1.29 is 9.26 Å². The Morgan fingerprint density at radius 1 is 1.30 bits per heavy atom. The van der Waals surface area contributed by atoms with Gasteiger partial charge in [-0.3, -0.25) is 0 Å². The highest BCUT2D eigenvalue weighted by atomic mass is 35.5. The summed E-state index contributed by atoms with van der Waals surface area (Å²) in [5.41, 5.74) is 6.65. The number of nitrogen functional groups attached to an aromatic ring is 1. The molecule has 0 radical (unpaired) electrons. The highest BCUT2D eigenvalue weighted by Crippen LogP contribution is 2.40. The fourth-order valence-electron chi connectivity index (χ4n) is 2.73. The summed E-state index contributed by atoms with van der Waals surface area (Å²) in [5.74, 6) is 1.02. The van der Waals surface area contributed by atoms with Crippen LogP contribution in [0.5, 0.6) is 0 Å². The molecule has 1 saturated carbocycles. The molecule has 1 aliphatic rings. The molecule has 5 nitrogen and oxygen atoms in total. The van der Waals surface area contributed by atoms with E-state index in [0.717, 1.165) is 31.2 Å². The minimum atomic E-state index is -0.411. The molecule has 2 aromatic rings. The van der Waals surface area contributed by atoms with Gasteiger partial charge in [0.15, 0.2) is 0 Å². The van der Waals surface area contributed by atoms with Crippen LogP contribution in [0.15, 0.2) is 22.7 Å². The molecule has 106 valence electrons. The molecule has 2 N–H and O–H groups in total. The molecule has 1 aromatic carbocycles. The highest BCUT2D eigenvalue weighted by molar-refractivity contribution is 6.31. The molecule has 1 aliphatic carbocycles. The van der Waals surface area contributed by atoms with Gasteiger partial charge < -0.3 is 15.0 Å². The predicted molar refractivity (Wildman–Crippen MR) is 76.3 cm³/mol. The van der Waals surface area contributed by atoms with Crippen molar-refractivity contribution in [3.8, 4) is 11.5 Å². The maximum Gasteiger partial charge on any atom is 0.258 e. The van der Waals surface area contributed by atoms with Crippen molar-refractivity contribution in [2.75, 3.05) is 12.8 Å². The van der Waals surface area contributed by atoms with Gasteiger partial charge >= 0.3 is 0 Å². The molecule has 0 saturated heterocycles. The fraction of sp³-hybridized carbons (Fsp3) is 0.429. The summed E-state index contributed by atoms with van der Waals surface area (Å²) in [5, 5.41) is 4.63. The number of aromatic nitrogens is 2. The van der Waals surface area contributed by atoms with Gasteiger partial charge in [-0.15, -0.1) is 0 Å². The smallest absolute Gasteiger partial charge is 0.258 e. The summed E-state index contributed by atoms with van der Waals surface area (Å²) in [4.78, 5) is 4.47. The molecule has 0 spiro atoms. The molecule has 6 heteroatoms. The first kappa shape index (κ1) is 13.4. The first-order valence-electron chi connectivity index (χ1n) is 6.59. The van der Waals surface area contributed by atoms with Gasteiger partial charge in [0.05, 0.1) is 0 Å². The van der Waals surface area contributed by atoms with Crippen molar-refractivity contribution >= 4 is 17.3 Å². The Balaban J connectivity index is 1.97. The topological polar surface area (TPSA) is 74.2 Å². The molecule has 0 atom stereocenters. The van der Waals surface area contributed by atoms with E-state index in [1.54, 1.807) is 25.3 Å². The van der Waals surface area contributed by atoms with E-state index in [1.807, 2.05) is 0 Å². The standard InChI is InChI=1S/C14H16ClN3O2/c1-19-14(4-2-3-5-14)13-17-12(20-18-13)9-6-10(15)8-11(16)7-9/h6-8H,2-5,16H2,1H3. The molecule has 20 heavy (non-hydrogen) atoms. The monoisotopic (exact) mass is 293 g/mol. The number of hydrogen-bond donors (Lipinski definition) is 1. The quantitative estimate of drug-likeness (QED) is 0.878. The van der Waals surface area contributed by atoms with Crippen molar-refractivity contribution in [3.63, 3.8) is 0 Å². The lowest BCUT2D eigenvalue weighted by Crippen LogP contribution is -2.25. The van der Waals surface area contributed by atoms with Gasteiger partial charge in [-0.25, -0.2) is 0 Å². The van der Waals surface area contributed by atoms with E-state index in [4.69, 9.17) is 26.6 Å². The maximum absolute atomic E-state index is 5.99. The molecule has 0 unspecified atom stereocenters. The summed E-state index contributed by atoms with van der Waals surface area (Å²) in [7, 11) is 1.69. The number of methoxy groups -OCH3 is 1. The Hall–Kier alpha value is -1.59. The Labute approximate surface area is 122 Å². The Bertz CT molecular complexity index is 600. The van der Waals surface area contributed by atoms with Crippen LogP contribution in [-0.2, 0) is 10.3 Å². The minimum absolute atomic E-state index is 0.411. The molecule has 0 bridgehead atoms. The second-order valence-corrected chi connectivity index (χ2v) is 5.54. The molecular weight excluding hydrogens is 278 g/mol. The SMILES string of the molecule is COC1(c2noc(-c3cc(N)cc(Cl)c3)n2)CCCC1. The molecule has 1 fully saturated rings. The van der Waals surface area contributed by atoms with Crippen LogP contribution in [0.2, 0.25) is 5.02 Å². The summed E-state index contributed by atoms with van der Waals surface area (Å²) in [6.07, 6.45) is 4.06. The lowest BCUT2D eigenvalue weighted by molar-refractivity contribution is -0.0178. The van der Waals surface area contributed by atoms with E-state index in [9.17, 15) is 0 Å². The van der Waals surface area contributed by atoms with Gasteiger partial charge in [0.2, 0.25) is 5.82 Å². The summed E-state index contributed by atoms with van der Waals surface area (Å²) >= 11 is 5.99. The summed E-state index contributed by atoms with van der Waals surface area (Å²) in [6.45, 7) is 0. The summed E-state index contributed by atoms with van der Waals surface area (Å²) < 4.78 is 11.0. The van der Waals surface area contributed by atoms with Gasteiger partial charge in [-0.05, 0) is 43.9 Å². The summed E-state index contributed by atoms with van der Waals surface area (Å²) in [6, 6.07) is 5.19. The van der Waals surface area contributed by atoms with E-state index in [1.165, 1.54) is 0 Å². The number of nitrogens with two attached hydrogens (primary N) is 1. The van der Waals surface area contributed by atoms with Crippen LogP contribution in [0.1, 0.15) is 31.5 Å². The second kappa shape index (κ2) is 5.07. The first-order chi connectivity index (χ1) is 9.63. The van der Waals surface area contributed by atoms with Crippen molar-refractivity contribution in [1.82, 2.24) is 10.1 Å². The number of hydrogen-bond acceptors (Lipinski definition) is 5. The zero-order valence-corrected chi connectivity index (χ0v) is 12.0. The largest absolute Gasteiger partial charge is 0.399 e. The Morgan fingerprint density at radius 2 is 2.05 bits per heavy atom. The van der Waals surface area contributed by atoms with E-state index in [2.05, 4.69) is 10.1 Å². The van der Waals surface area contributed by atoms with Crippen molar-refractivity contribution in [2.45, 2.75) is 31.3 Å². The van der Waals surface area contributed by atoms with Crippen molar-refractivity contribution in [1.29, 1.82) is 0 Å². The highest BCUT2D eigenvalue weighted by Gasteiger charge is 2.40. The zero-order chi connectivity index (χ0) is 14.2. The zero-order valence-electron chi connectivity index (χ0n) is 11.2. The molecule has 3 rings (SSSR count). The number of benzene rings is 1. The van der Waals surface area contributed by atoms with Crippen molar-refractivity contribution in [2.24, 2.45) is 0 Å². The molecule has 0 amide bonds. The van der Waals surface area contributed by atoms with Crippen LogP contribution in [0.4, 0.5) is 5.69 Å².